The lowest BCUT2D eigenvalue weighted by Gasteiger charge is -2.26. The number of rotatable bonds is 10. The highest BCUT2D eigenvalue weighted by molar-refractivity contribution is 5.74. The van der Waals surface area contributed by atoms with Crippen molar-refractivity contribution < 1.29 is 18.7 Å². The Bertz CT molecular complexity index is 1140. The predicted octanol–water partition coefficient (Wildman–Crippen LogP) is 6.03. The van der Waals surface area contributed by atoms with E-state index in [1.807, 2.05) is 37.3 Å². The maximum atomic E-state index is 14.7. The number of carbonyl (C=O) groups excluding carboxylic acids is 1. The molecule has 0 aliphatic carbocycles. The van der Waals surface area contributed by atoms with Crippen LogP contribution >= 0.6 is 0 Å². The molecule has 1 aromatic heterocycles. The van der Waals surface area contributed by atoms with Crippen molar-refractivity contribution in [1.29, 1.82) is 0 Å². The Kier molecular flexibility index (Phi) is 8.59. The van der Waals surface area contributed by atoms with E-state index in [1.54, 1.807) is 27.8 Å². The number of benzene rings is 2. The van der Waals surface area contributed by atoms with Crippen LogP contribution in [0.1, 0.15) is 57.2 Å². The van der Waals surface area contributed by atoms with E-state index in [1.165, 1.54) is 6.07 Å². The van der Waals surface area contributed by atoms with E-state index < -0.39 is 5.82 Å². The molecule has 0 radical (unpaired) electrons. The number of halogens is 1. The van der Waals surface area contributed by atoms with Gasteiger partial charge in [-0.1, -0.05) is 51.1 Å². The molecule has 2 aromatic carbocycles. The number of urea groups is 1. The Hall–Kier alpha value is -3.39. The fourth-order valence-electron chi connectivity index (χ4n) is 4.33. The summed E-state index contributed by atoms with van der Waals surface area (Å²) < 4.78 is 28.4. The molecule has 8 heteroatoms. The number of para-hydroxylation sites is 2. The molecular weight excluding hydrogens is 459 g/mol. The van der Waals surface area contributed by atoms with Crippen LogP contribution in [-0.4, -0.2) is 46.5 Å². The number of hydrogen-bond acceptors (Lipinski definition) is 4. The van der Waals surface area contributed by atoms with Crippen molar-refractivity contribution in [3.05, 3.63) is 71.7 Å². The van der Waals surface area contributed by atoms with Crippen LogP contribution in [0.2, 0.25) is 0 Å². The van der Waals surface area contributed by atoms with Gasteiger partial charge in [0.05, 0.1) is 29.6 Å². The molecule has 0 bridgehead atoms. The fraction of sp³-hybridized carbons (Fsp3) is 0.429. The molecule has 36 heavy (non-hydrogen) atoms. The second-order valence-corrected chi connectivity index (χ2v) is 9.35. The van der Waals surface area contributed by atoms with E-state index in [0.29, 0.717) is 25.6 Å². The van der Waals surface area contributed by atoms with Crippen molar-refractivity contribution >= 4 is 6.03 Å². The smallest absolute Gasteiger partial charge is 0.317 e. The van der Waals surface area contributed by atoms with E-state index in [2.05, 4.69) is 19.2 Å². The lowest BCUT2D eigenvalue weighted by Crippen LogP contribution is -2.43. The van der Waals surface area contributed by atoms with Crippen molar-refractivity contribution in [2.24, 2.45) is 0 Å². The van der Waals surface area contributed by atoms with Crippen molar-refractivity contribution in [1.82, 2.24) is 20.0 Å². The molecule has 3 aromatic rings. The largest absolute Gasteiger partial charge is 0.435 e. The molecule has 1 aliphatic rings. The number of aromatic nitrogens is 2. The van der Waals surface area contributed by atoms with Gasteiger partial charge in [-0.3, -0.25) is 0 Å². The van der Waals surface area contributed by atoms with Gasteiger partial charge in [0.25, 0.3) is 0 Å². The molecule has 1 N–H and O–H groups in total. The van der Waals surface area contributed by atoms with Gasteiger partial charge in [-0.15, -0.1) is 0 Å². The first-order valence-electron chi connectivity index (χ1n) is 12.7. The van der Waals surface area contributed by atoms with Crippen molar-refractivity contribution in [2.45, 2.75) is 58.6 Å². The van der Waals surface area contributed by atoms with Crippen LogP contribution in [0.25, 0.3) is 5.69 Å². The minimum atomic E-state index is -0.466. The molecule has 0 spiro atoms. The van der Waals surface area contributed by atoms with Gasteiger partial charge in [-0.2, -0.15) is 5.10 Å². The predicted molar refractivity (Wildman–Crippen MR) is 137 cm³/mol. The van der Waals surface area contributed by atoms with Crippen LogP contribution in [0.15, 0.2) is 54.6 Å². The minimum absolute atomic E-state index is 0.0139. The first kappa shape index (κ1) is 25.7. The van der Waals surface area contributed by atoms with E-state index in [0.717, 1.165) is 36.2 Å². The monoisotopic (exact) mass is 494 g/mol. The van der Waals surface area contributed by atoms with Gasteiger partial charge < -0.3 is 19.7 Å². The second-order valence-electron chi connectivity index (χ2n) is 9.35. The summed E-state index contributed by atoms with van der Waals surface area (Å²) in [7, 11) is 0. The molecule has 192 valence electrons. The van der Waals surface area contributed by atoms with Gasteiger partial charge in [0.15, 0.2) is 11.6 Å². The van der Waals surface area contributed by atoms with Gasteiger partial charge in [-0.25, -0.2) is 13.9 Å². The van der Waals surface area contributed by atoms with E-state index in [9.17, 15) is 9.18 Å². The summed E-state index contributed by atoms with van der Waals surface area (Å²) in [5.74, 6) is 0.0892. The van der Waals surface area contributed by atoms with Crippen molar-refractivity contribution in [3.63, 3.8) is 0 Å². The highest BCUT2D eigenvalue weighted by atomic mass is 19.1. The van der Waals surface area contributed by atoms with E-state index >= 15 is 0 Å². The van der Waals surface area contributed by atoms with Gasteiger partial charge >= 0.3 is 6.03 Å². The zero-order valence-electron chi connectivity index (χ0n) is 21.2. The highest BCUT2D eigenvalue weighted by Gasteiger charge is 2.29. The second kappa shape index (κ2) is 12.0. The first-order chi connectivity index (χ1) is 17.5. The summed E-state index contributed by atoms with van der Waals surface area (Å²) in [4.78, 5) is 15.0. The number of amides is 2. The van der Waals surface area contributed by atoms with E-state index in [-0.39, 0.29) is 30.3 Å². The molecule has 4 rings (SSSR count). The number of nitrogens with one attached hydrogen (secondary N) is 1. The molecule has 1 aliphatic heterocycles. The Morgan fingerprint density at radius 1 is 1.22 bits per heavy atom. The average Bonchev–Trinajstić information content (AvgIpc) is 3.52. The summed E-state index contributed by atoms with van der Waals surface area (Å²) in [5, 5.41) is 7.89. The Balaban J connectivity index is 1.78. The summed E-state index contributed by atoms with van der Waals surface area (Å²) in [5.41, 5.74) is 2.34. The zero-order chi connectivity index (χ0) is 25.5. The van der Waals surface area contributed by atoms with Crippen LogP contribution in [-0.2, 0) is 11.3 Å². The standard InChI is InChI=1S/C28H35FN4O3/c1-4-16-30-28(34)32(18-22-13-10-17-35-22)19-23-26(20(2)3)31-33(21-11-6-5-7-12-21)27(23)36-25-15-9-8-14-24(25)29/h5-9,11-12,14-15,20,22H,4,10,13,16-19H2,1-3H3,(H,30,34). The number of nitrogens with zero attached hydrogens (tertiary/aromatic N) is 3. The molecule has 1 unspecified atom stereocenters. The number of hydrogen-bond donors (Lipinski definition) is 1. The van der Waals surface area contributed by atoms with Crippen LogP contribution in [0.5, 0.6) is 11.6 Å². The normalized spacial score (nSPS) is 15.3. The average molecular weight is 495 g/mol. The molecule has 7 nitrogen and oxygen atoms in total. The van der Waals surface area contributed by atoms with Gasteiger partial charge in [0.2, 0.25) is 5.88 Å². The van der Waals surface area contributed by atoms with Gasteiger partial charge in [0.1, 0.15) is 0 Å². The van der Waals surface area contributed by atoms with Crippen LogP contribution in [0.4, 0.5) is 9.18 Å². The van der Waals surface area contributed by atoms with Crippen molar-refractivity contribution in [2.75, 3.05) is 19.7 Å². The molecule has 1 saturated heterocycles. The molecule has 1 atom stereocenters. The number of carbonyl (C=O) groups is 1. The molecular formula is C28H35FN4O3. The summed E-state index contributed by atoms with van der Waals surface area (Å²) in [6.45, 7) is 8.14. The van der Waals surface area contributed by atoms with Crippen LogP contribution in [0, 0.1) is 5.82 Å². The van der Waals surface area contributed by atoms with Crippen LogP contribution in [0.3, 0.4) is 0 Å². The third kappa shape index (κ3) is 6.05. The van der Waals surface area contributed by atoms with Gasteiger partial charge in [0, 0.05) is 19.7 Å². The highest BCUT2D eigenvalue weighted by Crippen LogP contribution is 2.35. The zero-order valence-corrected chi connectivity index (χ0v) is 21.2. The third-order valence-corrected chi connectivity index (χ3v) is 6.17. The minimum Gasteiger partial charge on any atom is -0.435 e. The van der Waals surface area contributed by atoms with E-state index in [4.69, 9.17) is 14.6 Å². The maximum Gasteiger partial charge on any atom is 0.317 e. The maximum absolute atomic E-state index is 14.7. The topological polar surface area (TPSA) is 68.6 Å². The van der Waals surface area contributed by atoms with Crippen molar-refractivity contribution in [3.8, 4) is 17.3 Å². The fourth-order valence-corrected chi connectivity index (χ4v) is 4.33. The molecule has 0 saturated carbocycles. The lowest BCUT2D eigenvalue weighted by atomic mass is 10.1. The molecule has 1 fully saturated rings. The van der Waals surface area contributed by atoms with Crippen LogP contribution < -0.4 is 10.1 Å². The Morgan fingerprint density at radius 3 is 2.64 bits per heavy atom. The van der Waals surface area contributed by atoms with Gasteiger partial charge in [-0.05, 0) is 49.4 Å². The lowest BCUT2D eigenvalue weighted by molar-refractivity contribution is 0.0792. The Labute approximate surface area is 212 Å². The summed E-state index contributed by atoms with van der Waals surface area (Å²) in [6.07, 6.45) is 2.72. The third-order valence-electron chi connectivity index (χ3n) is 6.17. The summed E-state index contributed by atoms with van der Waals surface area (Å²) >= 11 is 0. The molecule has 2 heterocycles. The first-order valence-corrected chi connectivity index (χ1v) is 12.7. The summed E-state index contributed by atoms with van der Waals surface area (Å²) in [6, 6.07) is 15.8. The SMILES string of the molecule is CCCNC(=O)N(Cc1c(C(C)C)nn(-c2ccccc2)c1Oc1ccccc1F)CC1CCCO1. The number of ether oxygens (including phenoxy) is 2. The Morgan fingerprint density at radius 2 is 1.97 bits per heavy atom. The quantitative estimate of drug-likeness (QED) is 0.374. The molecule has 2 amide bonds.